The average Bonchev–Trinajstić information content (AvgIpc) is 2.36. The summed E-state index contributed by atoms with van der Waals surface area (Å²) in [5, 5.41) is 0. The lowest BCUT2D eigenvalue weighted by molar-refractivity contribution is -0.107. The van der Waals surface area contributed by atoms with E-state index in [9.17, 15) is 4.79 Å². The van der Waals surface area contributed by atoms with E-state index >= 15 is 0 Å². The molecule has 0 unspecified atom stereocenters. The summed E-state index contributed by atoms with van der Waals surface area (Å²) in [5.74, 6) is 0. The largest absolute Gasteiger partial charge is 0.303 e. The summed E-state index contributed by atoms with van der Waals surface area (Å²) in [6, 6.07) is 0. The SMILES string of the molecule is CCCCCCC=O.[CH2]CCCCCCCC. The lowest BCUT2D eigenvalue weighted by Gasteiger charge is -1.95. The Morgan fingerprint density at radius 1 is 0.765 bits per heavy atom. The maximum absolute atomic E-state index is 9.77. The first kappa shape index (κ1) is 19.0. The second kappa shape index (κ2) is 21.0. The zero-order valence-electron chi connectivity index (χ0n) is 12.2. The molecule has 0 saturated heterocycles. The maximum atomic E-state index is 9.77. The quantitative estimate of drug-likeness (QED) is 0.333. The molecule has 0 amide bonds. The summed E-state index contributed by atoms with van der Waals surface area (Å²) in [5.41, 5.74) is 0. The molecular formula is C16H33O. The number of rotatable bonds is 11. The third kappa shape index (κ3) is 25.7. The predicted molar refractivity (Wildman–Crippen MR) is 78.2 cm³/mol. The van der Waals surface area contributed by atoms with Crippen molar-refractivity contribution in [3.8, 4) is 0 Å². The van der Waals surface area contributed by atoms with Gasteiger partial charge in [-0.2, -0.15) is 0 Å². The number of carbonyl (C=O) groups is 1. The summed E-state index contributed by atoms with van der Waals surface area (Å²) >= 11 is 0. The Bertz CT molecular complexity index is 115. The van der Waals surface area contributed by atoms with Crippen molar-refractivity contribution in [3.05, 3.63) is 6.92 Å². The van der Waals surface area contributed by atoms with Crippen molar-refractivity contribution >= 4 is 6.29 Å². The summed E-state index contributed by atoms with van der Waals surface area (Å²) in [4.78, 5) is 9.77. The van der Waals surface area contributed by atoms with E-state index in [1.165, 1.54) is 57.8 Å². The van der Waals surface area contributed by atoms with Gasteiger partial charge in [0.05, 0.1) is 0 Å². The molecule has 0 rings (SSSR count). The Morgan fingerprint density at radius 3 is 1.71 bits per heavy atom. The fraction of sp³-hybridized carbons (Fsp3) is 0.875. The van der Waals surface area contributed by atoms with Crippen LogP contribution in [-0.4, -0.2) is 6.29 Å². The molecule has 0 aliphatic rings. The standard InChI is InChI=1S/C9H19.C7H14O/c1-3-5-7-9-8-6-4-2;1-2-3-4-5-6-7-8/h1,3-9H2,2H3;7H,2-6H2,1H3. The van der Waals surface area contributed by atoms with E-state index in [2.05, 4.69) is 20.8 Å². The molecule has 1 radical (unpaired) electrons. The second-order valence-electron chi connectivity index (χ2n) is 4.64. The van der Waals surface area contributed by atoms with Crippen molar-refractivity contribution in [2.45, 2.75) is 90.9 Å². The molecule has 1 nitrogen and oxygen atoms in total. The van der Waals surface area contributed by atoms with Crippen LogP contribution in [0.3, 0.4) is 0 Å². The zero-order chi connectivity index (χ0) is 13.2. The molecule has 0 saturated carbocycles. The van der Waals surface area contributed by atoms with E-state index in [0.29, 0.717) is 0 Å². The minimum atomic E-state index is 0.750. The number of hydrogen-bond donors (Lipinski definition) is 0. The van der Waals surface area contributed by atoms with Crippen molar-refractivity contribution in [2.75, 3.05) is 0 Å². The van der Waals surface area contributed by atoms with E-state index in [1.54, 1.807) is 0 Å². The van der Waals surface area contributed by atoms with Crippen LogP contribution in [-0.2, 0) is 4.79 Å². The number of carbonyl (C=O) groups excluding carboxylic acids is 1. The first-order valence-corrected chi connectivity index (χ1v) is 7.56. The first-order chi connectivity index (χ1) is 8.33. The molecule has 0 aromatic heterocycles. The Balaban J connectivity index is 0. The minimum absolute atomic E-state index is 0.750. The molecule has 17 heavy (non-hydrogen) atoms. The van der Waals surface area contributed by atoms with Crippen LogP contribution < -0.4 is 0 Å². The molecule has 0 atom stereocenters. The summed E-state index contributed by atoms with van der Waals surface area (Å²) in [6.45, 7) is 8.22. The molecule has 0 bridgehead atoms. The number of unbranched alkanes of at least 4 members (excludes halogenated alkanes) is 10. The van der Waals surface area contributed by atoms with Crippen molar-refractivity contribution in [2.24, 2.45) is 0 Å². The van der Waals surface area contributed by atoms with Gasteiger partial charge in [0.2, 0.25) is 0 Å². The normalized spacial score (nSPS) is 9.59. The monoisotopic (exact) mass is 241 g/mol. The van der Waals surface area contributed by atoms with Crippen LogP contribution in [0.1, 0.15) is 90.9 Å². The van der Waals surface area contributed by atoms with Crippen LogP contribution in [0.25, 0.3) is 0 Å². The lowest BCUT2D eigenvalue weighted by Crippen LogP contribution is -1.76. The van der Waals surface area contributed by atoms with Crippen molar-refractivity contribution in [1.29, 1.82) is 0 Å². The number of aldehydes is 1. The van der Waals surface area contributed by atoms with Gasteiger partial charge in [-0.05, 0) is 6.42 Å². The van der Waals surface area contributed by atoms with Gasteiger partial charge in [0.15, 0.2) is 0 Å². The van der Waals surface area contributed by atoms with Crippen LogP contribution in [0.5, 0.6) is 0 Å². The third-order valence-electron chi connectivity index (χ3n) is 2.78. The zero-order valence-corrected chi connectivity index (χ0v) is 12.2. The topological polar surface area (TPSA) is 17.1 Å². The second-order valence-corrected chi connectivity index (χ2v) is 4.64. The molecule has 0 aliphatic heterocycles. The van der Waals surface area contributed by atoms with Crippen molar-refractivity contribution < 1.29 is 4.79 Å². The Hall–Kier alpha value is -0.330. The molecule has 103 valence electrons. The summed E-state index contributed by atoms with van der Waals surface area (Å²) in [7, 11) is 0. The molecule has 0 aromatic rings. The average molecular weight is 241 g/mol. The fourth-order valence-corrected chi connectivity index (χ4v) is 1.61. The van der Waals surface area contributed by atoms with E-state index in [0.717, 1.165) is 25.5 Å². The molecule has 0 N–H and O–H groups in total. The van der Waals surface area contributed by atoms with Gasteiger partial charge in [0.1, 0.15) is 6.29 Å². The van der Waals surface area contributed by atoms with Crippen molar-refractivity contribution in [1.82, 2.24) is 0 Å². The highest BCUT2D eigenvalue weighted by molar-refractivity contribution is 5.48. The van der Waals surface area contributed by atoms with Gasteiger partial charge in [0, 0.05) is 6.42 Å². The molecule has 0 heterocycles. The highest BCUT2D eigenvalue weighted by atomic mass is 16.1. The Morgan fingerprint density at radius 2 is 1.24 bits per heavy atom. The van der Waals surface area contributed by atoms with Gasteiger partial charge < -0.3 is 4.79 Å². The lowest BCUT2D eigenvalue weighted by atomic mass is 10.1. The highest BCUT2D eigenvalue weighted by Gasteiger charge is 1.86. The third-order valence-corrected chi connectivity index (χ3v) is 2.78. The van der Waals surface area contributed by atoms with Gasteiger partial charge in [0.25, 0.3) is 0 Å². The van der Waals surface area contributed by atoms with Crippen LogP contribution in [0.4, 0.5) is 0 Å². The van der Waals surface area contributed by atoms with Gasteiger partial charge >= 0.3 is 0 Å². The molecule has 0 spiro atoms. The summed E-state index contributed by atoms with van der Waals surface area (Å²) in [6.07, 6.45) is 16.0. The van der Waals surface area contributed by atoms with Crippen LogP contribution in [0, 0.1) is 6.92 Å². The van der Waals surface area contributed by atoms with Gasteiger partial charge in [-0.1, -0.05) is 85.0 Å². The molecule has 0 aromatic carbocycles. The smallest absolute Gasteiger partial charge is 0.119 e. The van der Waals surface area contributed by atoms with E-state index in [4.69, 9.17) is 0 Å². The molecule has 1 heteroatoms. The fourth-order valence-electron chi connectivity index (χ4n) is 1.61. The van der Waals surface area contributed by atoms with E-state index in [-0.39, 0.29) is 0 Å². The Kier molecular flexibility index (Phi) is 23.5. The molecule has 0 fully saturated rings. The highest BCUT2D eigenvalue weighted by Crippen LogP contribution is 2.05. The molecule has 0 aliphatic carbocycles. The van der Waals surface area contributed by atoms with Crippen LogP contribution in [0.2, 0.25) is 0 Å². The van der Waals surface area contributed by atoms with E-state index < -0.39 is 0 Å². The van der Waals surface area contributed by atoms with Gasteiger partial charge in [-0.3, -0.25) is 0 Å². The number of hydrogen-bond acceptors (Lipinski definition) is 1. The minimum Gasteiger partial charge on any atom is -0.303 e. The van der Waals surface area contributed by atoms with Crippen LogP contribution >= 0.6 is 0 Å². The first-order valence-electron chi connectivity index (χ1n) is 7.56. The summed E-state index contributed by atoms with van der Waals surface area (Å²) < 4.78 is 0. The predicted octanol–water partition coefficient (Wildman–Crippen LogP) is 5.73. The van der Waals surface area contributed by atoms with Gasteiger partial charge in [-0.15, -0.1) is 0 Å². The van der Waals surface area contributed by atoms with Gasteiger partial charge in [-0.25, -0.2) is 0 Å². The van der Waals surface area contributed by atoms with Crippen molar-refractivity contribution in [3.63, 3.8) is 0 Å². The molecular weight excluding hydrogens is 208 g/mol. The Labute approximate surface area is 109 Å². The maximum Gasteiger partial charge on any atom is 0.119 e. The van der Waals surface area contributed by atoms with E-state index in [1.807, 2.05) is 0 Å². The van der Waals surface area contributed by atoms with Crippen LogP contribution in [0.15, 0.2) is 0 Å².